The third kappa shape index (κ3) is 4.06. The molecule has 2 aromatic carbocycles. The fraction of sp³-hybridized carbons (Fsp3) is 0.364. The van der Waals surface area contributed by atoms with E-state index < -0.39 is 6.10 Å². The first kappa shape index (κ1) is 19.7. The van der Waals surface area contributed by atoms with Crippen molar-refractivity contribution in [2.75, 3.05) is 19.8 Å². The smallest absolute Gasteiger partial charge is 0.292 e. The molecule has 6 nitrogen and oxygen atoms in total. The maximum absolute atomic E-state index is 12.9. The van der Waals surface area contributed by atoms with E-state index in [1.165, 1.54) is 22.5 Å². The molecule has 0 saturated heterocycles. The minimum atomic E-state index is -0.752. The molecule has 152 valence electrons. The molecular formula is C22H24N2O4S. The van der Waals surface area contributed by atoms with Gasteiger partial charge in [0.05, 0.1) is 16.8 Å². The number of carbonyl (C=O) groups is 1. The lowest BCUT2D eigenvalue weighted by Crippen LogP contribution is -2.37. The van der Waals surface area contributed by atoms with Gasteiger partial charge < -0.3 is 18.8 Å². The number of hydrogen-bond acceptors (Lipinski definition) is 5. The van der Waals surface area contributed by atoms with Crippen LogP contribution < -0.4 is 14.3 Å². The van der Waals surface area contributed by atoms with E-state index in [1.54, 1.807) is 6.07 Å². The van der Waals surface area contributed by atoms with Gasteiger partial charge in [0, 0.05) is 13.2 Å². The average Bonchev–Trinajstić information content (AvgIpc) is 3.05. The number of aromatic nitrogens is 1. The number of carbonyl (C=O) groups excluding carboxylic acids is 1. The summed E-state index contributed by atoms with van der Waals surface area (Å²) in [6, 6.07) is 11.6. The third-order valence-corrected chi connectivity index (χ3v) is 6.00. The van der Waals surface area contributed by atoms with Crippen molar-refractivity contribution >= 4 is 27.5 Å². The Bertz CT molecular complexity index is 1120. The van der Waals surface area contributed by atoms with E-state index in [0.29, 0.717) is 36.1 Å². The third-order valence-electron chi connectivity index (χ3n) is 4.77. The van der Waals surface area contributed by atoms with Gasteiger partial charge in [-0.1, -0.05) is 29.5 Å². The number of hydrogen-bond donors (Lipinski definition) is 0. The highest BCUT2D eigenvalue weighted by Crippen LogP contribution is 2.31. The lowest BCUT2D eigenvalue weighted by atomic mass is 10.1. The molecule has 1 aromatic heterocycles. The zero-order valence-electron chi connectivity index (χ0n) is 16.8. The highest BCUT2D eigenvalue weighted by molar-refractivity contribution is 7.16. The van der Waals surface area contributed by atoms with E-state index in [-0.39, 0.29) is 12.5 Å². The van der Waals surface area contributed by atoms with Crippen LogP contribution in [0, 0.1) is 13.8 Å². The molecule has 0 saturated carbocycles. The van der Waals surface area contributed by atoms with Gasteiger partial charge in [0.1, 0.15) is 6.61 Å². The maximum atomic E-state index is 12.9. The van der Waals surface area contributed by atoms with Gasteiger partial charge >= 0.3 is 0 Å². The number of fused-ring (bicyclic) bond motifs is 2. The Balaban J connectivity index is 1.70. The highest BCUT2D eigenvalue weighted by Gasteiger charge is 2.27. The Kier molecular flexibility index (Phi) is 5.69. The van der Waals surface area contributed by atoms with E-state index in [9.17, 15) is 4.79 Å². The molecule has 0 unspecified atom stereocenters. The van der Waals surface area contributed by atoms with Gasteiger partial charge in [-0.05, 0) is 50.1 Å². The minimum Gasteiger partial charge on any atom is -0.485 e. The van der Waals surface area contributed by atoms with Crippen LogP contribution in [0.1, 0.15) is 18.1 Å². The number of para-hydroxylation sites is 2. The Morgan fingerprint density at radius 2 is 2.07 bits per heavy atom. The molecule has 0 bridgehead atoms. The Labute approximate surface area is 173 Å². The molecule has 0 spiro atoms. The first-order valence-corrected chi connectivity index (χ1v) is 10.5. The summed E-state index contributed by atoms with van der Waals surface area (Å²) in [4.78, 5) is 18.0. The monoisotopic (exact) mass is 412 g/mol. The molecule has 1 atom stereocenters. The van der Waals surface area contributed by atoms with Gasteiger partial charge in [-0.2, -0.15) is 4.99 Å². The van der Waals surface area contributed by atoms with Crippen molar-refractivity contribution in [2.24, 2.45) is 4.99 Å². The van der Waals surface area contributed by atoms with Crippen molar-refractivity contribution in [1.29, 1.82) is 0 Å². The van der Waals surface area contributed by atoms with Crippen LogP contribution in [-0.4, -0.2) is 36.4 Å². The van der Waals surface area contributed by atoms with Crippen LogP contribution in [0.5, 0.6) is 11.5 Å². The number of nitrogens with zero attached hydrogens (tertiary/aromatic N) is 2. The van der Waals surface area contributed by atoms with E-state index in [4.69, 9.17) is 14.2 Å². The number of ether oxygens (including phenoxy) is 3. The fourth-order valence-electron chi connectivity index (χ4n) is 3.42. The van der Waals surface area contributed by atoms with Crippen LogP contribution in [0.25, 0.3) is 10.2 Å². The predicted octanol–water partition coefficient (Wildman–Crippen LogP) is 3.62. The standard InChI is InChI=1S/C22H24N2O4S/c1-4-26-10-9-24-16-12-14(2)11-15(3)20(16)29-22(24)23-21(25)19-13-27-17-7-5-6-8-18(17)28-19/h5-8,11-12,19H,4,9-10,13H2,1-3H3/t19-/m0/s1. The van der Waals surface area contributed by atoms with Gasteiger partial charge in [0.2, 0.25) is 6.10 Å². The second-order valence-corrected chi connectivity index (χ2v) is 7.96. The molecule has 3 aromatic rings. The Hall–Kier alpha value is -2.64. The molecule has 1 aliphatic heterocycles. The van der Waals surface area contributed by atoms with Crippen LogP contribution in [0.2, 0.25) is 0 Å². The van der Waals surface area contributed by atoms with Crippen molar-refractivity contribution in [3.05, 3.63) is 52.3 Å². The average molecular weight is 413 g/mol. The van der Waals surface area contributed by atoms with Crippen molar-refractivity contribution in [2.45, 2.75) is 33.4 Å². The first-order valence-electron chi connectivity index (χ1n) is 9.72. The van der Waals surface area contributed by atoms with E-state index in [2.05, 4.69) is 35.5 Å². The topological polar surface area (TPSA) is 62.1 Å². The Morgan fingerprint density at radius 3 is 2.86 bits per heavy atom. The van der Waals surface area contributed by atoms with Crippen LogP contribution in [0.4, 0.5) is 0 Å². The summed E-state index contributed by atoms with van der Waals surface area (Å²) < 4.78 is 20.2. The van der Waals surface area contributed by atoms with Crippen molar-refractivity contribution in [1.82, 2.24) is 4.57 Å². The normalized spacial score (nSPS) is 16.4. The van der Waals surface area contributed by atoms with E-state index >= 15 is 0 Å². The molecule has 0 fully saturated rings. The molecule has 1 amide bonds. The summed E-state index contributed by atoms with van der Waals surface area (Å²) in [7, 11) is 0. The summed E-state index contributed by atoms with van der Waals surface area (Å²) in [5.74, 6) is 0.876. The van der Waals surface area contributed by atoms with Gasteiger partial charge in [-0.15, -0.1) is 0 Å². The molecular weight excluding hydrogens is 388 g/mol. The van der Waals surface area contributed by atoms with Crippen molar-refractivity contribution < 1.29 is 19.0 Å². The molecule has 1 aliphatic rings. The van der Waals surface area contributed by atoms with Crippen LogP contribution >= 0.6 is 11.3 Å². The predicted molar refractivity (Wildman–Crippen MR) is 113 cm³/mol. The second kappa shape index (κ2) is 8.39. The number of thiazole rings is 1. The maximum Gasteiger partial charge on any atom is 0.292 e. The highest BCUT2D eigenvalue weighted by atomic mass is 32.1. The lowest BCUT2D eigenvalue weighted by molar-refractivity contribution is -0.127. The van der Waals surface area contributed by atoms with Gasteiger partial charge in [-0.25, -0.2) is 0 Å². The SMILES string of the molecule is CCOCCn1c(=NC(=O)[C@@H]2COc3ccccc3O2)sc2c(C)cc(C)cc21. The molecule has 0 aliphatic carbocycles. The zero-order valence-corrected chi connectivity index (χ0v) is 17.6. The van der Waals surface area contributed by atoms with E-state index in [1.807, 2.05) is 25.1 Å². The van der Waals surface area contributed by atoms with Crippen LogP contribution in [0.15, 0.2) is 41.4 Å². The number of benzene rings is 2. The Morgan fingerprint density at radius 1 is 1.28 bits per heavy atom. The molecule has 2 heterocycles. The first-order chi connectivity index (χ1) is 14.1. The van der Waals surface area contributed by atoms with Gasteiger partial charge in [0.15, 0.2) is 16.3 Å². The summed E-state index contributed by atoms with van der Waals surface area (Å²) in [6.07, 6.45) is -0.752. The van der Waals surface area contributed by atoms with Crippen LogP contribution in [0.3, 0.4) is 0 Å². The zero-order chi connectivity index (χ0) is 20.4. The second-order valence-electron chi connectivity index (χ2n) is 6.98. The number of amides is 1. The molecule has 29 heavy (non-hydrogen) atoms. The van der Waals surface area contributed by atoms with Crippen molar-refractivity contribution in [3.8, 4) is 11.5 Å². The van der Waals surface area contributed by atoms with Crippen molar-refractivity contribution in [3.63, 3.8) is 0 Å². The summed E-state index contributed by atoms with van der Waals surface area (Å²) >= 11 is 1.52. The fourth-order valence-corrected chi connectivity index (χ4v) is 4.53. The summed E-state index contributed by atoms with van der Waals surface area (Å²) in [5.41, 5.74) is 3.43. The van der Waals surface area contributed by atoms with Crippen LogP contribution in [-0.2, 0) is 16.1 Å². The largest absolute Gasteiger partial charge is 0.485 e. The quantitative estimate of drug-likeness (QED) is 0.601. The summed E-state index contributed by atoms with van der Waals surface area (Å²) in [6.45, 7) is 8.13. The molecule has 0 N–H and O–H groups in total. The van der Waals surface area contributed by atoms with E-state index in [0.717, 1.165) is 10.2 Å². The minimum absolute atomic E-state index is 0.154. The van der Waals surface area contributed by atoms with Gasteiger partial charge in [0.25, 0.3) is 5.91 Å². The molecule has 4 rings (SSSR count). The number of aryl methyl sites for hydroxylation is 2. The lowest BCUT2D eigenvalue weighted by Gasteiger charge is -2.23. The summed E-state index contributed by atoms with van der Waals surface area (Å²) in [5, 5.41) is 0. The van der Waals surface area contributed by atoms with Gasteiger partial charge in [-0.3, -0.25) is 4.79 Å². The molecule has 0 radical (unpaired) electrons. The number of rotatable bonds is 5. The molecule has 7 heteroatoms.